The van der Waals surface area contributed by atoms with Crippen LogP contribution in [0.2, 0.25) is 0 Å². The van der Waals surface area contributed by atoms with Gasteiger partial charge in [0.1, 0.15) is 0 Å². The van der Waals surface area contributed by atoms with Crippen LogP contribution in [-0.2, 0) is 26.5 Å². The molecule has 1 aliphatic rings. The number of amides is 1. The third-order valence-corrected chi connectivity index (χ3v) is 3.67. The molecule has 0 bridgehead atoms. The molecule has 5 heteroatoms. The van der Waals surface area contributed by atoms with Gasteiger partial charge in [-0.05, 0) is 17.5 Å². The highest BCUT2D eigenvalue weighted by molar-refractivity contribution is 5.88. The number of carboxylic acids is 1. The highest BCUT2D eigenvalue weighted by Crippen LogP contribution is 2.36. The minimum Gasteiger partial charge on any atom is -0.479 e. The number of carbonyl (C=O) groups excluding carboxylic acids is 1. The number of aliphatic carboxylic acids is 1. The summed E-state index contributed by atoms with van der Waals surface area (Å²) in [7, 11) is 0. The molecule has 1 amide bonds. The molecular weight excluding hydrogens is 258 g/mol. The second-order valence-electron chi connectivity index (χ2n) is 4.99. The van der Waals surface area contributed by atoms with Gasteiger partial charge in [0.25, 0.3) is 0 Å². The lowest BCUT2D eigenvalue weighted by molar-refractivity contribution is -0.167. The third-order valence-electron chi connectivity index (χ3n) is 3.67. The molecule has 1 aliphatic heterocycles. The zero-order chi connectivity index (χ0) is 14.8. The van der Waals surface area contributed by atoms with Crippen molar-refractivity contribution in [3.8, 4) is 0 Å². The van der Waals surface area contributed by atoms with E-state index < -0.39 is 11.5 Å². The fraction of sp³-hybridized carbons (Fsp3) is 0.467. The monoisotopic (exact) mass is 277 g/mol. The predicted molar refractivity (Wildman–Crippen MR) is 73.1 cm³/mol. The Morgan fingerprint density at radius 2 is 2.10 bits per heavy atom. The molecule has 0 radical (unpaired) electrons. The quantitative estimate of drug-likeness (QED) is 0.910. The number of carboxylic acid groups (broad SMARTS) is 1. The Hall–Kier alpha value is -1.88. The summed E-state index contributed by atoms with van der Waals surface area (Å²) in [5.74, 6) is -1.30. The van der Waals surface area contributed by atoms with Crippen LogP contribution in [0.15, 0.2) is 24.3 Å². The lowest BCUT2D eigenvalue weighted by atomic mass is 9.83. The second-order valence-corrected chi connectivity index (χ2v) is 4.99. The molecule has 1 aromatic carbocycles. The predicted octanol–water partition coefficient (Wildman–Crippen LogP) is 1.76. The minimum atomic E-state index is -1.42. The Labute approximate surface area is 118 Å². The molecular formula is C15H19NO4. The first kappa shape index (κ1) is 14.5. The zero-order valence-corrected chi connectivity index (χ0v) is 11.8. The smallest absolute Gasteiger partial charge is 0.336 e. The molecule has 1 N–H and O–H groups in total. The normalized spacial score (nSPS) is 21.1. The number of benzene rings is 1. The Bertz CT molecular complexity index is 528. The summed E-state index contributed by atoms with van der Waals surface area (Å²) in [6.45, 7) is 4.07. The Kier molecular flexibility index (Phi) is 4.09. The van der Waals surface area contributed by atoms with E-state index in [-0.39, 0.29) is 12.5 Å². The lowest BCUT2D eigenvalue weighted by Crippen LogP contribution is -2.58. The van der Waals surface area contributed by atoms with Crippen LogP contribution < -0.4 is 0 Å². The van der Waals surface area contributed by atoms with Crippen molar-refractivity contribution in [2.75, 3.05) is 13.2 Å². The fourth-order valence-electron chi connectivity index (χ4n) is 2.79. The first-order valence-electron chi connectivity index (χ1n) is 6.71. The summed E-state index contributed by atoms with van der Waals surface area (Å²) in [4.78, 5) is 25.4. The van der Waals surface area contributed by atoms with Gasteiger partial charge in [0, 0.05) is 13.5 Å². The number of fused-ring (bicyclic) bond motifs is 1. The molecule has 108 valence electrons. The average molecular weight is 277 g/mol. The maximum atomic E-state index is 12.0. The number of hydrogen-bond donors (Lipinski definition) is 1. The van der Waals surface area contributed by atoms with Crippen molar-refractivity contribution in [3.05, 3.63) is 35.4 Å². The lowest BCUT2D eigenvalue weighted by Gasteiger charge is -2.43. The van der Waals surface area contributed by atoms with Crippen molar-refractivity contribution in [3.63, 3.8) is 0 Å². The van der Waals surface area contributed by atoms with Crippen molar-refractivity contribution in [2.45, 2.75) is 32.4 Å². The van der Waals surface area contributed by atoms with Gasteiger partial charge in [0.15, 0.2) is 5.54 Å². The van der Waals surface area contributed by atoms with Gasteiger partial charge in [0.2, 0.25) is 5.91 Å². The first-order valence-corrected chi connectivity index (χ1v) is 6.71. The molecule has 1 heterocycles. The Morgan fingerprint density at radius 1 is 1.40 bits per heavy atom. The van der Waals surface area contributed by atoms with E-state index in [0.29, 0.717) is 25.1 Å². The van der Waals surface area contributed by atoms with Crippen LogP contribution >= 0.6 is 0 Å². The van der Waals surface area contributed by atoms with Gasteiger partial charge in [-0.2, -0.15) is 0 Å². The van der Waals surface area contributed by atoms with Gasteiger partial charge in [-0.15, -0.1) is 0 Å². The molecule has 20 heavy (non-hydrogen) atoms. The van der Waals surface area contributed by atoms with Crippen LogP contribution in [0.25, 0.3) is 0 Å². The average Bonchev–Trinajstić information content (AvgIpc) is 2.43. The number of hydrogen-bond acceptors (Lipinski definition) is 3. The summed E-state index contributed by atoms with van der Waals surface area (Å²) < 4.78 is 5.48. The van der Waals surface area contributed by atoms with Crippen LogP contribution in [0.4, 0.5) is 0 Å². The summed E-state index contributed by atoms with van der Waals surface area (Å²) in [5, 5.41) is 9.81. The Morgan fingerprint density at radius 3 is 2.70 bits per heavy atom. The van der Waals surface area contributed by atoms with Crippen molar-refractivity contribution >= 4 is 11.9 Å². The van der Waals surface area contributed by atoms with Crippen LogP contribution in [0.5, 0.6) is 0 Å². The number of ether oxygens (including phenoxy) is 1. The molecule has 5 nitrogen and oxygen atoms in total. The van der Waals surface area contributed by atoms with Crippen LogP contribution in [0.3, 0.4) is 0 Å². The third kappa shape index (κ3) is 2.18. The maximum Gasteiger partial charge on any atom is 0.336 e. The molecule has 1 aromatic rings. The largest absolute Gasteiger partial charge is 0.479 e. The highest BCUT2D eigenvalue weighted by Gasteiger charge is 2.50. The number of rotatable bonds is 4. The van der Waals surface area contributed by atoms with Gasteiger partial charge < -0.3 is 14.7 Å². The van der Waals surface area contributed by atoms with Gasteiger partial charge in [-0.25, -0.2) is 4.79 Å². The summed E-state index contributed by atoms with van der Waals surface area (Å²) in [6, 6.07) is 7.26. The van der Waals surface area contributed by atoms with Crippen molar-refractivity contribution < 1.29 is 19.4 Å². The van der Waals surface area contributed by atoms with E-state index in [1.807, 2.05) is 19.1 Å². The SMILES string of the molecule is CCCN(C(C)=O)C1(C(=O)O)COCc2ccccc21. The summed E-state index contributed by atoms with van der Waals surface area (Å²) in [5.41, 5.74) is 0.0577. The van der Waals surface area contributed by atoms with E-state index in [1.54, 1.807) is 12.1 Å². The molecule has 0 fully saturated rings. The fourth-order valence-corrected chi connectivity index (χ4v) is 2.79. The topological polar surface area (TPSA) is 66.8 Å². The van der Waals surface area contributed by atoms with Gasteiger partial charge in [0.05, 0.1) is 13.2 Å². The molecule has 0 aromatic heterocycles. The number of nitrogens with zero attached hydrogens (tertiary/aromatic N) is 1. The molecule has 1 unspecified atom stereocenters. The van der Waals surface area contributed by atoms with E-state index in [4.69, 9.17) is 4.74 Å². The van der Waals surface area contributed by atoms with E-state index in [1.165, 1.54) is 11.8 Å². The summed E-state index contributed by atoms with van der Waals surface area (Å²) in [6.07, 6.45) is 0.691. The second kappa shape index (κ2) is 5.63. The molecule has 0 saturated heterocycles. The molecule has 2 rings (SSSR count). The minimum absolute atomic E-state index is 0.0150. The molecule has 0 spiro atoms. The van der Waals surface area contributed by atoms with Crippen molar-refractivity contribution in [1.29, 1.82) is 0 Å². The Balaban J connectivity index is 2.62. The standard InChI is InChI=1S/C15H19NO4/c1-3-8-16(11(2)17)15(14(18)19)10-20-9-12-6-4-5-7-13(12)15/h4-7H,3,8-10H2,1-2H3,(H,18,19). The van der Waals surface area contributed by atoms with Crippen LogP contribution in [-0.4, -0.2) is 35.0 Å². The maximum absolute atomic E-state index is 12.0. The van der Waals surface area contributed by atoms with E-state index in [9.17, 15) is 14.7 Å². The van der Waals surface area contributed by atoms with Crippen molar-refractivity contribution in [1.82, 2.24) is 4.90 Å². The molecule has 0 aliphatic carbocycles. The van der Waals surface area contributed by atoms with Crippen molar-refractivity contribution in [2.24, 2.45) is 0 Å². The van der Waals surface area contributed by atoms with E-state index in [0.717, 1.165) is 5.56 Å². The molecule has 1 atom stereocenters. The van der Waals surface area contributed by atoms with Gasteiger partial charge >= 0.3 is 5.97 Å². The number of carbonyl (C=O) groups is 2. The van der Waals surface area contributed by atoms with Gasteiger partial charge in [-0.3, -0.25) is 4.79 Å². The first-order chi connectivity index (χ1) is 9.54. The zero-order valence-electron chi connectivity index (χ0n) is 11.8. The van der Waals surface area contributed by atoms with Gasteiger partial charge in [-0.1, -0.05) is 31.2 Å². The highest BCUT2D eigenvalue weighted by atomic mass is 16.5. The van der Waals surface area contributed by atoms with Crippen LogP contribution in [0.1, 0.15) is 31.4 Å². The van der Waals surface area contributed by atoms with Crippen LogP contribution in [0, 0.1) is 0 Å². The van der Waals surface area contributed by atoms with E-state index in [2.05, 4.69) is 0 Å². The van der Waals surface area contributed by atoms with E-state index >= 15 is 0 Å². The molecule has 0 saturated carbocycles. The summed E-state index contributed by atoms with van der Waals surface area (Å²) >= 11 is 0.